The minimum absolute atomic E-state index is 0.221. The van der Waals surface area contributed by atoms with Crippen LogP contribution in [0.2, 0.25) is 0 Å². The number of carbonyl (C=O) groups excluding carboxylic acids is 1. The first-order valence-corrected chi connectivity index (χ1v) is 7.78. The summed E-state index contributed by atoms with van der Waals surface area (Å²) in [6.45, 7) is 8.98. The van der Waals surface area contributed by atoms with Crippen molar-refractivity contribution in [3.8, 4) is 5.75 Å². The first kappa shape index (κ1) is 16.9. The van der Waals surface area contributed by atoms with Gasteiger partial charge in [0.2, 0.25) is 0 Å². The second kappa shape index (κ2) is 7.68. The van der Waals surface area contributed by atoms with Crippen molar-refractivity contribution in [2.75, 3.05) is 18.5 Å². The van der Waals surface area contributed by atoms with Gasteiger partial charge in [-0.3, -0.25) is 0 Å². The molecule has 0 radical (unpaired) electrons. The zero-order chi connectivity index (χ0) is 16.8. The maximum atomic E-state index is 11.9. The maximum Gasteiger partial charge on any atom is 0.319 e. The van der Waals surface area contributed by atoms with E-state index < -0.39 is 0 Å². The fraction of sp³-hybridized carbons (Fsp3) is 0.316. The summed E-state index contributed by atoms with van der Waals surface area (Å²) in [4.78, 5) is 11.9. The van der Waals surface area contributed by atoms with Crippen LogP contribution in [0.5, 0.6) is 5.75 Å². The fourth-order valence-corrected chi connectivity index (χ4v) is 2.33. The molecule has 0 fully saturated rings. The lowest BCUT2D eigenvalue weighted by molar-refractivity contribution is 0.247. The number of rotatable bonds is 5. The number of benzene rings is 2. The minimum Gasteiger partial charge on any atom is -0.491 e. The summed E-state index contributed by atoms with van der Waals surface area (Å²) in [5.74, 6) is 0.863. The number of nitrogens with one attached hydrogen (secondary N) is 2. The lowest BCUT2D eigenvalue weighted by Crippen LogP contribution is -2.32. The quantitative estimate of drug-likeness (QED) is 0.816. The zero-order valence-corrected chi connectivity index (χ0v) is 14.2. The highest BCUT2D eigenvalue weighted by molar-refractivity contribution is 5.90. The van der Waals surface area contributed by atoms with E-state index in [1.807, 2.05) is 51.1 Å². The summed E-state index contributed by atoms with van der Waals surface area (Å²) in [5.41, 5.74) is 5.38. The normalized spacial score (nSPS) is 10.3. The van der Waals surface area contributed by atoms with Crippen molar-refractivity contribution in [3.63, 3.8) is 0 Å². The molecule has 23 heavy (non-hydrogen) atoms. The molecule has 0 atom stereocenters. The molecule has 2 N–H and O–H groups in total. The number of carbonyl (C=O) groups is 1. The third-order valence-electron chi connectivity index (χ3n) is 3.83. The van der Waals surface area contributed by atoms with Crippen LogP contribution in [-0.2, 0) is 0 Å². The number of aryl methyl sites for hydroxylation is 3. The Hall–Kier alpha value is -2.49. The van der Waals surface area contributed by atoms with E-state index in [-0.39, 0.29) is 6.03 Å². The Morgan fingerprint density at radius 3 is 2.57 bits per heavy atom. The Kier molecular flexibility index (Phi) is 5.63. The van der Waals surface area contributed by atoms with Crippen molar-refractivity contribution in [2.24, 2.45) is 0 Å². The molecule has 0 heterocycles. The standard InChI is InChI=1S/C19H24N2O2/c1-13-8-9-17(15(3)12-13)21-19(22)20-10-11-23-18-7-5-6-14(2)16(18)4/h5-9,12H,10-11H2,1-4H3,(H2,20,21,22). The molecule has 0 aliphatic rings. The van der Waals surface area contributed by atoms with Crippen LogP contribution in [0.15, 0.2) is 36.4 Å². The van der Waals surface area contributed by atoms with Crippen molar-refractivity contribution in [3.05, 3.63) is 58.7 Å². The molecule has 2 aromatic rings. The van der Waals surface area contributed by atoms with Gasteiger partial charge in [0.25, 0.3) is 0 Å². The molecular weight excluding hydrogens is 288 g/mol. The van der Waals surface area contributed by atoms with Crippen LogP contribution in [0, 0.1) is 27.7 Å². The molecule has 0 saturated carbocycles. The summed E-state index contributed by atoms with van der Waals surface area (Å²) in [6, 6.07) is 11.7. The lowest BCUT2D eigenvalue weighted by atomic mass is 10.1. The van der Waals surface area contributed by atoms with Crippen LogP contribution >= 0.6 is 0 Å². The molecule has 2 rings (SSSR count). The highest BCUT2D eigenvalue weighted by atomic mass is 16.5. The number of anilines is 1. The molecule has 0 saturated heterocycles. The number of amides is 2. The van der Waals surface area contributed by atoms with Crippen molar-refractivity contribution in [2.45, 2.75) is 27.7 Å². The number of ether oxygens (including phenoxy) is 1. The maximum absolute atomic E-state index is 11.9. The third kappa shape index (κ3) is 4.74. The molecule has 2 aromatic carbocycles. The molecule has 0 aliphatic heterocycles. The summed E-state index contributed by atoms with van der Waals surface area (Å²) in [5, 5.41) is 5.65. The van der Waals surface area contributed by atoms with E-state index in [2.05, 4.69) is 23.6 Å². The Balaban J connectivity index is 1.78. The first-order valence-electron chi connectivity index (χ1n) is 7.78. The van der Waals surface area contributed by atoms with Crippen LogP contribution in [0.4, 0.5) is 10.5 Å². The Bertz CT molecular complexity index is 696. The van der Waals surface area contributed by atoms with E-state index >= 15 is 0 Å². The average Bonchev–Trinajstić information content (AvgIpc) is 2.50. The van der Waals surface area contributed by atoms with Gasteiger partial charge in [-0.25, -0.2) is 4.79 Å². The molecule has 0 unspecified atom stereocenters. The van der Waals surface area contributed by atoms with Gasteiger partial charge in [-0.2, -0.15) is 0 Å². The van der Waals surface area contributed by atoms with Gasteiger partial charge in [-0.1, -0.05) is 29.8 Å². The largest absolute Gasteiger partial charge is 0.491 e. The van der Waals surface area contributed by atoms with E-state index in [9.17, 15) is 4.79 Å². The van der Waals surface area contributed by atoms with Gasteiger partial charge in [-0.05, 0) is 56.5 Å². The highest BCUT2D eigenvalue weighted by Crippen LogP contribution is 2.20. The summed E-state index contributed by atoms with van der Waals surface area (Å²) < 4.78 is 5.72. The SMILES string of the molecule is Cc1ccc(NC(=O)NCCOc2cccc(C)c2C)c(C)c1. The zero-order valence-electron chi connectivity index (χ0n) is 14.2. The van der Waals surface area contributed by atoms with Crippen LogP contribution < -0.4 is 15.4 Å². The van der Waals surface area contributed by atoms with Gasteiger partial charge in [0.15, 0.2) is 0 Å². The van der Waals surface area contributed by atoms with Crippen molar-refractivity contribution in [1.82, 2.24) is 5.32 Å². The molecule has 0 aliphatic carbocycles. The minimum atomic E-state index is -0.221. The van der Waals surface area contributed by atoms with Gasteiger partial charge >= 0.3 is 6.03 Å². The van der Waals surface area contributed by atoms with E-state index in [1.165, 1.54) is 11.1 Å². The second-order valence-corrected chi connectivity index (χ2v) is 5.75. The highest BCUT2D eigenvalue weighted by Gasteiger charge is 2.05. The van der Waals surface area contributed by atoms with Crippen molar-refractivity contribution >= 4 is 11.7 Å². The molecule has 0 spiro atoms. The topological polar surface area (TPSA) is 50.4 Å². The predicted molar refractivity (Wildman–Crippen MR) is 94.3 cm³/mol. The van der Waals surface area contributed by atoms with E-state index in [0.717, 1.165) is 22.6 Å². The van der Waals surface area contributed by atoms with Crippen LogP contribution in [-0.4, -0.2) is 19.2 Å². The molecule has 2 amide bonds. The lowest BCUT2D eigenvalue weighted by Gasteiger charge is -2.12. The van der Waals surface area contributed by atoms with Crippen LogP contribution in [0.1, 0.15) is 22.3 Å². The predicted octanol–water partition coefficient (Wildman–Crippen LogP) is 4.12. The Labute approximate surface area is 137 Å². The van der Waals surface area contributed by atoms with Gasteiger partial charge < -0.3 is 15.4 Å². The molecule has 0 bridgehead atoms. The van der Waals surface area contributed by atoms with Crippen molar-refractivity contribution in [1.29, 1.82) is 0 Å². The average molecular weight is 312 g/mol. The van der Waals surface area contributed by atoms with Crippen LogP contribution in [0.3, 0.4) is 0 Å². The Morgan fingerprint density at radius 1 is 1.04 bits per heavy atom. The van der Waals surface area contributed by atoms with Crippen molar-refractivity contribution < 1.29 is 9.53 Å². The summed E-state index contributed by atoms with van der Waals surface area (Å²) in [7, 11) is 0. The van der Waals surface area contributed by atoms with Gasteiger partial charge in [-0.15, -0.1) is 0 Å². The van der Waals surface area contributed by atoms with E-state index in [0.29, 0.717) is 13.2 Å². The first-order chi connectivity index (χ1) is 11.0. The molecular formula is C19H24N2O2. The number of hydrogen-bond donors (Lipinski definition) is 2. The smallest absolute Gasteiger partial charge is 0.319 e. The van der Waals surface area contributed by atoms with Crippen LogP contribution in [0.25, 0.3) is 0 Å². The molecule has 4 nitrogen and oxygen atoms in total. The molecule has 122 valence electrons. The summed E-state index contributed by atoms with van der Waals surface area (Å²) >= 11 is 0. The van der Waals surface area contributed by atoms with E-state index in [4.69, 9.17) is 4.74 Å². The van der Waals surface area contributed by atoms with Gasteiger partial charge in [0.1, 0.15) is 12.4 Å². The summed E-state index contributed by atoms with van der Waals surface area (Å²) in [6.07, 6.45) is 0. The number of urea groups is 1. The van der Waals surface area contributed by atoms with Gasteiger partial charge in [0, 0.05) is 5.69 Å². The van der Waals surface area contributed by atoms with E-state index in [1.54, 1.807) is 0 Å². The molecule has 4 heteroatoms. The second-order valence-electron chi connectivity index (χ2n) is 5.75. The fourth-order valence-electron chi connectivity index (χ4n) is 2.33. The molecule has 0 aromatic heterocycles. The Morgan fingerprint density at radius 2 is 1.83 bits per heavy atom. The number of hydrogen-bond acceptors (Lipinski definition) is 2. The third-order valence-corrected chi connectivity index (χ3v) is 3.83. The monoisotopic (exact) mass is 312 g/mol. The van der Waals surface area contributed by atoms with Gasteiger partial charge in [0.05, 0.1) is 6.54 Å².